The average molecular weight is 253 g/mol. The Kier molecular flexibility index (Phi) is 4.57. The van der Waals surface area contributed by atoms with E-state index >= 15 is 0 Å². The Balaban J connectivity index is 1.81. The van der Waals surface area contributed by atoms with E-state index in [0.717, 1.165) is 37.9 Å². The molecule has 17 heavy (non-hydrogen) atoms. The lowest BCUT2D eigenvalue weighted by Crippen LogP contribution is -2.31. The van der Waals surface area contributed by atoms with Crippen LogP contribution in [0.15, 0.2) is 11.4 Å². The number of nitrogens with one attached hydrogen (secondary N) is 1. The number of carbonyl (C=O) groups is 1. The van der Waals surface area contributed by atoms with Crippen molar-refractivity contribution in [2.75, 3.05) is 13.2 Å². The summed E-state index contributed by atoms with van der Waals surface area (Å²) in [7, 11) is 0. The quantitative estimate of drug-likeness (QED) is 0.876. The fourth-order valence-corrected chi connectivity index (χ4v) is 2.96. The van der Waals surface area contributed by atoms with Gasteiger partial charge in [0.15, 0.2) is 0 Å². The maximum atomic E-state index is 11.9. The second kappa shape index (κ2) is 6.17. The Morgan fingerprint density at radius 1 is 1.65 bits per heavy atom. The third-order valence-corrected chi connectivity index (χ3v) is 3.92. The van der Waals surface area contributed by atoms with Crippen LogP contribution in [0.5, 0.6) is 0 Å². The molecule has 4 heteroatoms. The van der Waals surface area contributed by atoms with E-state index in [1.165, 1.54) is 4.88 Å². The summed E-state index contributed by atoms with van der Waals surface area (Å²) in [4.78, 5) is 13.1. The highest BCUT2D eigenvalue weighted by Gasteiger charge is 2.17. The van der Waals surface area contributed by atoms with Crippen LogP contribution in [0, 0.1) is 0 Å². The molecule has 1 atom stereocenters. The largest absolute Gasteiger partial charge is 0.376 e. The van der Waals surface area contributed by atoms with Gasteiger partial charge in [-0.25, -0.2) is 0 Å². The van der Waals surface area contributed by atoms with Gasteiger partial charge in [-0.15, -0.1) is 11.3 Å². The maximum absolute atomic E-state index is 11.9. The topological polar surface area (TPSA) is 38.3 Å². The minimum absolute atomic E-state index is 0.0269. The van der Waals surface area contributed by atoms with E-state index in [0.29, 0.717) is 6.54 Å². The Bertz CT molecular complexity index is 369. The van der Waals surface area contributed by atoms with Gasteiger partial charge in [0.2, 0.25) is 0 Å². The molecule has 94 valence electrons. The smallest absolute Gasteiger partial charge is 0.252 e. The molecule has 1 aliphatic rings. The second-order valence-corrected chi connectivity index (χ2v) is 5.39. The van der Waals surface area contributed by atoms with Gasteiger partial charge in [-0.05, 0) is 25.3 Å². The number of amides is 1. The summed E-state index contributed by atoms with van der Waals surface area (Å²) in [6.45, 7) is 3.62. The molecular weight excluding hydrogens is 234 g/mol. The fourth-order valence-electron chi connectivity index (χ4n) is 1.99. The van der Waals surface area contributed by atoms with Crippen molar-refractivity contribution in [1.29, 1.82) is 0 Å². The molecule has 0 bridgehead atoms. The Hall–Kier alpha value is -0.870. The predicted molar refractivity (Wildman–Crippen MR) is 69.6 cm³/mol. The van der Waals surface area contributed by atoms with E-state index in [2.05, 4.69) is 12.2 Å². The maximum Gasteiger partial charge on any atom is 0.252 e. The Morgan fingerprint density at radius 3 is 3.24 bits per heavy atom. The lowest BCUT2D eigenvalue weighted by atomic mass is 10.2. The third kappa shape index (κ3) is 3.54. The molecule has 3 nitrogen and oxygen atoms in total. The van der Waals surface area contributed by atoms with Gasteiger partial charge in [0.25, 0.3) is 5.91 Å². The highest BCUT2D eigenvalue weighted by atomic mass is 32.1. The second-order valence-electron chi connectivity index (χ2n) is 4.40. The zero-order chi connectivity index (χ0) is 12.1. The molecule has 0 spiro atoms. The SMILES string of the molecule is CCCc1cc(C(=O)NC[C@@H]2CCCO2)cs1. The molecule has 0 aliphatic carbocycles. The highest BCUT2D eigenvalue weighted by molar-refractivity contribution is 7.10. The van der Waals surface area contributed by atoms with Crippen LogP contribution in [0.2, 0.25) is 0 Å². The van der Waals surface area contributed by atoms with Crippen molar-refractivity contribution in [3.8, 4) is 0 Å². The molecule has 1 saturated heterocycles. The Labute approximate surface area is 106 Å². The van der Waals surface area contributed by atoms with Crippen molar-refractivity contribution in [3.63, 3.8) is 0 Å². The van der Waals surface area contributed by atoms with Crippen molar-refractivity contribution >= 4 is 17.2 Å². The number of hydrogen-bond donors (Lipinski definition) is 1. The minimum atomic E-state index is 0.0269. The molecule has 1 amide bonds. The standard InChI is InChI=1S/C13H19NO2S/c1-2-4-12-7-10(9-17-12)13(15)14-8-11-5-3-6-16-11/h7,9,11H,2-6,8H2,1H3,(H,14,15)/t11-/m0/s1. The molecule has 1 N–H and O–H groups in total. The van der Waals surface area contributed by atoms with Crippen LogP contribution in [-0.2, 0) is 11.2 Å². The first-order valence-electron chi connectivity index (χ1n) is 6.27. The predicted octanol–water partition coefficient (Wildman–Crippen LogP) is 2.61. The van der Waals surface area contributed by atoms with Crippen LogP contribution in [-0.4, -0.2) is 25.2 Å². The summed E-state index contributed by atoms with van der Waals surface area (Å²) in [5.74, 6) is 0.0269. The molecule has 1 fully saturated rings. The molecule has 1 aromatic heterocycles. The zero-order valence-electron chi connectivity index (χ0n) is 10.2. The van der Waals surface area contributed by atoms with E-state index in [1.807, 2.05) is 11.4 Å². The number of rotatable bonds is 5. The monoisotopic (exact) mass is 253 g/mol. The normalized spacial score (nSPS) is 19.5. The van der Waals surface area contributed by atoms with Gasteiger partial charge in [-0.1, -0.05) is 13.3 Å². The van der Waals surface area contributed by atoms with Crippen LogP contribution in [0.4, 0.5) is 0 Å². The van der Waals surface area contributed by atoms with E-state index in [4.69, 9.17) is 4.74 Å². The zero-order valence-corrected chi connectivity index (χ0v) is 11.0. The number of hydrogen-bond acceptors (Lipinski definition) is 3. The van der Waals surface area contributed by atoms with Crippen LogP contribution < -0.4 is 5.32 Å². The van der Waals surface area contributed by atoms with Gasteiger partial charge < -0.3 is 10.1 Å². The molecule has 0 saturated carbocycles. The van der Waals surface area contributed by atoms with E-state index in [1.54, 1.807) is 11.3 Å². The minimum Gasteiger partial charge on any atom is -0.376 e. The fraction of sp³-hybridized carbons (Fsp3) is 0.615. The van der Waals surface area contributed by atoms with Crippen LogP contribution in [0.25, 0.3) is 0 Å². The van der Waals surface area contributed by atoms with Gasteiger partial charge >= 0.3 is 0 Å². The first kappa shape index (κ1) is 12.6. The highest BCUT2D eigenvalue weighted by Crippen LogP contribution is 2.16. The Morgan fingerprint density at radius 2 is 2.53 bits per heavy atom. The average Bonchev–Trinajstić information content (AvgIpc) is 2.97. The summed E-state index contributed by atoms with van der Waals surface area (Å²) < 4.78 is 5.47. The summed E-state index contributed by atoms with van der Waals surface area (Å²) in [6.07, 6.45) is 4.57. The number of aryl methyl sites for hydroxylation is 1. The van der Waals surface area contributed by atoms with Crippen LogP contribution in [0.3, 0.4) is 0 Å². The van der Waals surface area contributed by atoms with E-state index in [9.17, 15) is 4.79 Å². The van der Waals surface area contributed by atoms with Crippen molar-refractivity contribution < 1.29 is 9.53 Å². The summed E-state index contributed by atoms with van der Waals surface area (Å²) >= 11 is 1.67. The molecule has 0 aromatic carbocycles. The molecular formula is C13H19NO2S. The lowest BCUT2D eigenvalue weighted by Gasteiger charge is -2.09. The van der Waals surface area contributed by atoms with Crippen molar-refractivity contribution in [1.82, 2.24) is 5.32 Å². The van der Waals surface area contributed by atoms with Gasteiger partial charge in [0.05, 0.1) is 11.7 Å². The molecule has 2 heterocycles. The molecule has 1 aromatic rings. The number of ether oxygens (including phenoxy) is 1. The molecule has 0 radical (unpaired) electrons. The first-order chi connectivity index (χ1) is 8.29. The van der Waals surface area contributed by atoms with E-state index < -0.39 is 0 Å². The van der Waals surface area contributed by atoms with Gasteiger partial charge in [-0.2, -0.15) is 0 Å². The van der Waals surface area contributed by atoms with Gasteiger partial charge in [0, 0.05) is 23.4 Å². The van der Waals surface area contributed by atoms with Crippen LogP contribution >= 0.6 is 11.3 Å². The summed E-state index contributed by atoms with van der Waals surface area (Å²) in [5, 5.41) is 4.88. The summed E-state index contributed by atoms with van der Waals surface area (Å²) in [5.41, 5.74) is 0.788. The molecule has 1 aliphatic heterocycles. The van der Waals surface area contributed by atoms with Crippen molar-refractivity contribution in [3.05, 3.63) is 21.9 Å². The van der Waals surface area contributed by atoms with Gasteiger partial charge in [0.1, 0.15) is 0 Å². The summed E-state index contributed by atoms with van der Waals surface area (Å²) in [6, 6.07) is 2.00. The van der Waals surface area contributed by atoms with Crippen molar-refractivity contribution in [2.24, 2.45) is 0 Å². The third-order valence-electron chi connectivity index (χ3n) is 2.93. The van der Waals surface area contributed by atoms with Crippen LogP contribution in [0.1, 0.15) is 41.4 Å². The van der Waals surface area contributed by atoms with Gasteiger partial charge in [-0.3, -0.25) is 4.79 Å². The molecule has 2 rings (SSSR count). The van der Waals surface area contributed by atoms with E-state index in [-0.39, 0.29) is 12.0 Å². The number of thiophene rings is 1. The number of carbonyl (C=O) groups excluding carboxylic acids is 1. The lowest BCUT2D eigenvalue weighted by molar-refractivity contribution is 0.0858. The molecule has 0 unspecified atom stereocenters. The van der Waals surface area contributed by atoms with Crippen molar-refractivity contribution in [2.45, 2.75) is 38.7 Å². The first-order valence-corrected chi connectivity index (χ1v) is 7.14.